The number of hydrogen-bond acceptors (Lipinski definition) is 6. The predicted molar refractivity (Wildman–Crippen MR) is 130 cm³/mol. The first-order chi connectivity index (χ1) is 16.1. The molecule has 1 aliphatic heterocycles. The first-order valence-electron chi connectivity index (χ1n) is 11.0. The Kier molecular flexibility index (Phi) is 7.80. The van der Waals surface area contributed by atoms with Crippen LogP contribution in [0.5, 0.6) is 0 Å². The summed E-state index contributed by atoms with van der Waals surface area (Å²) in [6.45, 7) is 2.46. The van der Waals surface area contributed by atoms with E-state index in [9.17, 15) is 9.59 Å². The predicted octanol–water partition coefficient (Wildman–Crippen LogP) is 3.91. The van der Waals surface area contributed by atoms with E-state index in [-0.39, 0.29) is 17.7 Å². The number of anilines is 1. The minimum Gasteiger partial charge on any atom is -0.444 e. The van der Waals surface area contributed by atoms with Gasteiger partial charge >= 0.3 is 0 Å². The fourth-order valence-corrected chi connectivity index (χ4v) is 4.62. The molecule has 1 aliphatic rings. The number of primary amides is 1. The molecule has 1 atom stereocenters. The van der Waals surface area contributed by atoms with E-state index in [1.54, 1.807) is 6.26 Å². The molecule has 3 aromatic rings. The van der Waals surface area contributed by atoms with Crippen LogP contribution in [0.25, 0.3) is 11.5 Å². The van der Waals surface area contributed by atoms with Crippen molar-refractivity contribution in [3.8, 4) is 11.5 Å². The van der Waals surface area contributed by atoms with E-state index < -0.39 is 0 Å². The van der Waals surface area contributed by atoms with E-state index in [0.29, 0.717) is 23.9 Å². The second-order valence-electron chi connectivity index (χ2n) is 8.22. The SMILES string of the molecule is NC(=O)C1CCCN(Cc2ccc(NC(=O)CSCc3coc(-c4ccccc4)n3)cc2)C1. The molecular weight excluding hydrogens is 436 g/mol. The molecule has 7 nitrogen and oxygen atoms in total. The van der Waals surface area contributed by atoms with E-state index in [2.05, 4.69) is 15.2 Å². The summed E-state index contributed by atoms with van der Waals surface area (Å²) in [6.07, 6.45) is 3.50. The topological polar surface area (TPSA) is 101 Å². The van der Waals surface area contributed by atoms with Crippen LogP contribution >= 0.6 is 11.8 Å². The summed E-state index contributed by atoms with van der Waals surface area (Å²) in [5.41, 5.74) is 9.13. The first-order valence-corrected chi connectivity index (χ1v) is 12.2. The zero-order valence-electron chi connectivity index (χ0n) is 18.4. The number of aromatic nitrogens is 1. The van der Waals surface area contributed by atoms with Gasteiger partial charge in [0.1, 0.15) is 6.26 Å². The number of oxazole rings is 1. The van der Waals surface area contributed by atoms with Crippen molar-refractivity contribution in [2.75, 3.05) is 24.2 Å². The van der Waals surface area contributed by atoms with Crippen LogP contribution in [0.3, 0.4) is 0 Å². The zero-order valence-corrected chi connectivity index (χ0v) is 19.2. The Labute approximate surface area is 197 Å². The van der Waals surface area contributed by atoms with Gasteiger partial charge in [0.05, 0.1) is 17.4 Å². The van der Waals surface area contributed by atoms with Crippen LogP contribution in [-0.2, 0) is 21.9 Å². The van der Waals surface area contributed by atoms with Crippen LogP contribution in [0, 0.1) is 5.92 Å². The van der Waals surface area contributed by atoms with Crippen LogP contribution < -0.4 is 11.1 Å². The molecule has 0 spiro atoms. The number of piperidine rings is 1. The highest BCUT2D eigenvalue weighted by Gasteiger charge is 2.23. The minimum atomic E-state index is -0.212. The molecule has 172 valence electrons. The largest absolute Gasteiger partial charge is 0.444 e. The number of carbonyl (C=O) groups is 2. The molecule has 1 fully saturated rings. The fraction of sp³-hybridized carbons (Fsp3) is 0.320. The quantitative estimate of drug-likeness (QED) is 0.498. The summed E-state index contributed by atoms with van der Waals surface area (Å²) in [5.74, 6) is 1.20. The number of hydrogen-bond donors (Lipinski definition) is 2. The summed E-state index contributed by atoms with van der Waals surface area (Å²) >= 11 is 1.49. The van der Waals surface area contributed by atoms with E-state index in [1.165, 1.54) is 11.8 Å². The molecule has 3 N–H and O–H groups in total. The highest BCUT2D eigenvalue weighted by molar-refractivity contribution is 7.99. The standard InChI is InChI=1S/C25H28N4O3S/c26-24(31)20-7-4-12-29(14-20)13-18-8-10-21(11-9-18)27-23(30)17-33-16-22-15-32-25(28-22)19-5-2-1-3-6-19/h1-3,5-6,8-11,15,20H,4,7,12-14,16-17H2,(H2,26,31)(H,27,30). The van der Waals surface area contributed by atoms with Gasteiger partial charge in [0.25, 0.3) is 0 Å². The maximum atomic E-state index is 12.3. The van der Waals surface area contributed by atoms with Gasteiger partial charge in [-0.3, -0.25) is 14.5 Å². The number of nitrogens with zero attached hydrogens (tertiary/aromatic N) is 2. The third kappa shape index (κ3) is 6.69. The molecule has 1 aromatic heterocycles. The average molecular weight is 465 g/mol. The van der Waals surface area contributed by atoms with Gasteiger partial charge in [0.2, 0.25) is 17.7 Å². The van der Waals surface area contributed by atoms with Crippen molar-refractivity contribution in [2.24, 2.45) is 11.7 Å². The molecule has 0 aliphatic carbocycles. The molecule has 33 heavy (non-hydrogen) atoms. The Bertz CT molecular complexity index is 1070. The van der Waals surface area contributed by atoms with E-state index in [1.807, 2.05) is 54.6 Å². The average Bonchev–Trinajstić information content (AvgIpc) is 3.30. The number of nitrogens with two attached hydrogens (primary N) is 1. The van der Waals surface area contributed by atoms with Crippen molar-refractivity contribution in [3.63, 3.8) is 0 Å². The lowest BCUT2D eigenvalue weighted by Gasteiger charge is -2.31. The van der Waals surface area contributed by atoms with Crippen LogP contribution in [0.4, 0.5) is 5.69 Å². The van der Waals surface area contributed by atoms with Gasteiger partial charge in [-0.1, -0.05) is 30.3 Å². The molecule has 4 rings (SSSR count). The Balaban J connectivity index is 1.20. The van der Waals surface area contributed by atoms with Crippen molar-refractivity contribution in [2.45, 2.75) is 25.1 Å². The number of amides is 2. The van der Waals surface area contributed by atoms with Crippen LogP contribution in [0.1, 0.15) is 24.1 Å². The lowest BCUT2D eigenvalue weighted by atomic mass is 9.97. The molecule has 0 bridgehead atoms. The maximum Gasteiger partial charge on any atom is 0.234 e. The highest BCUT2D eigenvalue weighted by atomic mass is 32.2. The minimum absolute atomic E-state index is 0.0557. The summed E-state index contributed by atoms with van der Waals surface area (Å²) in [7, 11) is 0. The van der Waals surface area contributed by atoms with Gasteiger partial charge in [-0.2, -0.15) is 0 Å². The smallest absolute Gasteiger partial charge is 0.234 e. The third-order valence-corrected chi connectivity index (χ3v) is 6.57. The van der Waals surface area contributed by atoms with Gasteiger partial charge in [0.15, 0.2) is 0 Å². The number of likely N-dealkylation sites (tertiary alicyclic amines) is 1. The Morgan fingerprint density at radius 1 is 1.15 bits per heavy atom. The van der Waals surface area contributed by atoms with Gasteiger partial charge in [-0.15, -0.1) is 11.8 Å². The van der Waals surface area contributed by atoms with Gasteiger partial charge in [0, 0.05) is 30.1 Å². The zero-order chi connectivity index (χ0) is 23.0. The maximum absolute atomic E-state index is 12.3. The number of carbonyl (C=O) groups excluding carboxylic acids is 2. The Hall–Kier alpha value is -3.10. The van der Waals surface area contributed by atoms with E-state index >= 15 is 0 Å². The molecule has 1 saturated heterocycles. The molecule has 2 aromatic carbocycles. The number of thioether (sulfide) groups is 1. The van der Waals surface area contributed by atoms with Crippen molar-refractivity contribution >= 4 is 29.3 Å². The second-order valence-corrected chi connectivity index (χ2v) is 9.21. The van der Waals surface area contributed by atoms with E-state index in [0.717, 1.165) is 48.4 Å². The summed E-state index contributed by atoms with van der Waals surface area (Å²) in [5, 5.41) is 2.93. The highest BCUT2D eigenvalue weighted by Crippen LogP contribution is 2.21. The lowest BCUT2D eigenvalue weighted by molar-refractivity contribution is -0.123. The summed E-state index contributed by atoms with van der Waals surface area (Å²) in [6, 6.07) is 17.6. The Morgan fingerprint density at radius 3 is 2.70 bits per heavy atom. The molecule has 2 amide bonds. The molecular formula is C25H28N4O3S. The number of nitrogens with one attached hydrogen (secondary N) is 1. The van der Waals surface area contributed by atoms with E-state index in [4.69, 9.17) is 10.2 Å². The number of rotatable bonds is 9. The molecule has 0 saturated carbocycles. The second kappa shape index (κ2) is 11.2. The molecule has 8 heteroatoms. The van der Waals surface area contributed by atoms with Crippen molar-refractivity contribution in [1.82, 2.24) is 9.88 Å². The van der Waals surface area contributed by atoms with Crippen LogP contribution in [-0.4, -0.2) is 40.5 Å². The first kappa shape index (κ1) is 23.1. The van der Waals surface area contributed by atoms with Crippen LogP contribution in [0.15, 0.2) is 65.3 Å². The summed E-state index contributed by atoms with van der Waals surface area (Å²) < 4.78 is 5.54. The van der Waals surface area contributed by atoms with Gasteiger partial charge < -0.3 is 15.5 Å². The molecule has 0 radical (unpaired) electrons. The van der Waals surface area contributed by atoms with Crippen molar-refractivity contribution in [3.05, 3.63) is 72.1 Å². The number of benzene rings is 2. The molecule has 1 unspecified atom stereocenters. The third-order valence-electron chi connectivity index (χ3n) is 5.61. The van der Waals surface area contributed by atoms with Gasteiger partial charge in [-0.05, 0) is 49.2 Å². The van der Waals surface area contributed by atoms with Gasteiger partial charge in [-0.25, -0.2) is 4.98 Å². The van der Waals surface area contributed by atoms with Crippen molar-refractivity contribution in [1.29, 1.82) is 0 Å². The van der Waals surface area contributed by atoms with Crippen molar-refractivity contribution < 1.29 is 14.0 Å². The summed E-state index contributed by atoms with van der Waals surface area (Å²) in [4.78, 5) is 30.5. The normalized spacial score (nSPS) is 16.4. The lowest BCUT2D eigenvalue weighted by Crippen LogP contribution is -2.40. The Morgan fingerprint density at radius 2 is 1.94 bits per heavy atom. The fourth-order valence-electron chi connectivity index (χ4n) is 3.92. The monoisotopic (exact) mass is 464 g/mol. The van der Waals surface area contributed by atoms with Crippen LogP contribution in [0.2, 0.25) is 0 Å². The molecule has 2 heterocycles.